The van der Waals surface area contributed by atoms with Crippen molar-refractivity contribution in [2.45, 2.75) is 23.5 Å². The maximum atomic E-state index is 14.3. The SMILES string of the molecule is C[C@@H]1CCOc2c(F)ccc(F)c2[C@H]1Sc1ccc(Cl)cc1. The summed E-state index contributed by atoms with van der Waals surface area (Å²) < 4.78 is 33.8. The molecule has 0 N–H and O–H groups in total. The Hall–Kier alpha value is -1.26. The smallest absolute Gasteiger partial charge is 0.165 e. The van der Waals surface area contributed by atoms with Crippen LogP contribution in [0.2, 0.25) is 5.02 Å². The van der Waals surface area contributed by atoms with Crippen LogP contribution in [0.4, 0.5) is 8.78 Å². The number of hydrogen-bond donors (Lipinski definition) is 0. The molecule has 2 aromatic carbocycles. The molecule has 0 aliphatic carbocycles. The average Bonchev–Trinajstić information content (AvgIpc) is 2.66. The molecule has 1 nitrogen and oxygen atoms in total. The van der Waals surface area contributed by atoms with Gasteiger partial charge in [0.15, 0.2) is 11.6 Å². The van der Waals surface area contributed by atoms with Crippen LogP contribution in [0.25, 0.3) is 0 Å². The third kappa shape index (κ3) is 3.08. The molecular formula is C17H15ClF2OS. The first-order valence-electron chi connectivity index (χ1n) is 7.09. The third-order valence-electron chi connectivity index (χ3n) is 3.79. The minimum absolute atomic E-state index is 0.0517. The molecule has 1 heterocycles. The molecule has 0 saturated heterocycles. The van der Waals surface area contributed by atoms with Gasteiger partial charge >= 0.3 is 0 Å². The van der Waals surface area contributed by atoms with Gasteiger partial charge in [0.1, 0.15) is 5.82 Å². The fourth-order valence-electron chi connectivity index (χ4n) is 2.58. The van der Waals surface area contributed by atoms with E-state index in [9.17, 15) is 8.78 Å². The first-order valence-corrected chi connectivity index (χ1v) is 8.35. The van der Waals surface area contributed by atoms with Gasteiger partial charge in [0, 0.05) is 20.7 Å². The van der Waals surface area contributed by atoms with Gasteiger partial charge in [-0.3, -0.25) is 0 Å². The fourth-order valence-corrected chi connectivity index (χ4v) is 4.00. The Balaban J connectivity index is 2.02. The Bertz CT molecular complexity index is 675. The lowest BCUT2D eigenvalue weighted by Crippen LogP contribution is -2.07. The second kappa shape index (κ2) is 6.47. The fraction of sp³-hybridized carbons (Fsp3) is 0.294. The summed E-state index contributed by atoms with van der Waals surface area (Å²) in [5.74, 6) is -0.710. The normalized spacial score (nSPS) is 20.9. The largest absolute Gasteiger partial charge is 0.490 e. The first kappa shape index (κ1) is 15.6. The zero-order valence-electron chi connectivity index (χ0n) is 12.0. The van der Waals surface area contributed by atoms with Crippen LogP contribution >= 0.6 is 23.4 Å². The number of benzene rings is 2. The molecule has 0 fully saturated rings. The van der Waals surface area contributed by atoms with Crippen molar-refractivity contribution in [3.05, 3.63) is 58.6 Å². The lowest BCUT2D eigenvalue weighted by Gasteiger charge is -2.22. The highest BCUT2D eigenvalue weighted by Crippen LogP contribution is 2.48. The van der Waals surface area contributed by atoms with Gasteiger partial charge in [-0.1, -0.05) is 18.5 Å². The predicted octanol–water partition coefficient (Wildman–Crippen LogP) is 5.87. The summed E-state index contributed by atoms with van der Waals surface area (Å²) in [6.07, 6.45) is 0.749. The van der Waals surface area contributed by atoms with Crippen LogP contribution in [0.15, 0.2) is 41.3 Å². The molecule has 1 aliphatic heterocycles. The van der Waals surface area contributed by atoms with E-state index in [1.807, 2.05) is 19.1 Å². The number of ether oxygens (including phenoxy) is 1. The molecule has 5 heteroatoms. The lowest BCUT2D eigenvalue weighted by molar-refractivity contribution is 0.286. The number of rotatable bonds is 2. The van der Waals surface area contributed by atoms with Gasteiger partial charge in [-0.05, 0) is 48.7 Å². The molecule has 3 rings (SSSR count). The molecular weight excluding hydrogens is 326 g/mol. The van der Waals surface area contributed by atoms with E-state index in [0.717, 1.165) is 17.4 Å². The highest BCUT2D eigenvalue weighted by molar-refractivity contribution is 7.99. The topological polar surface area (TPSA) is 9.23 Å². The zero-order chi connectivity index (χ0) is 15.7. The standard InChI is InChI=1S/C17H15ClF2OS/c1-10-8-9-21-16-14(20)7-6-13(19)15(16)17(10)22-12-4-2-11(18)3-5-12/h2-7,10,17H,8-9H2,1H3/t10-,17+/m1/s1. The van der Waals surface area contributed by atoms with Gasteiger partial charge in [-0.25, -0.2) is 8.78 Å². The molecule has 116 valence electrons. The van der Waals surface area contributed by atoms with Gasteiger partial charge in [0.05, 0.1) is 6.61 Å². The van der Waals surface area contributed by atoms with Crippen LogP contribution < -0.4 is 4.74 Å². The predicted molar refractivity (Wildman–Crippen MR) is 85.7 cm³/mol. The molecule has 0 bridgehead atoms. The molecule has 1 aliphatic rings. The Morgan fingerprint density at radius 3 is 2.50 bits per heavy atom. The minimum atomic E-state index is -0.507. The van der Waals surface area contributed by atoms with Crippen molar-refractivity contribution in [2.75, 3.05) is 6.61 Å². The van der Waals surface area contributed by atoms with Crippen molar-refractivity contribution in [2.24, 2.45) is 5.92 Å². The molecule has 0 aromatic heterocycles. The van der Waals surface area contributed by atoms with Crippen molar-refractivity contribution in [1.82, 2.24) is 0 Å². The quantitative estimate of drug-likeness (QED) is 0.676. The molecule has 0 amide bonds. The Labute approximate surface area is 137 Å². The summed E-state index contributed by atoms with van der Waals surface area (Å²) in [6, 6.07) is 9.67. The average molecular weight is 341 g/mol. The summed E-state index contributed by atoms with van der Waals surface area (Å²) in [4.78, 5) is 0.970. The van der Waals surface area contributed by atoms with Crippen molar-refractivity contribution >= 4 is 23.4 Å². The van der Waals surface area contributed by atoms with Crippen molar-refractivity contribution < 1.29 is 13.5 Å². The summed E-state index contributed by atoms with van der Waals surface area (Å²) in [5, 5.41) is 0.452. The first-order chi connectivity index (χ1) is 10.6. The zero-order valence-corrected chi connectivity index (χ0v) is 13.6. The Morgan fingerprint density at radius 1 is 1.09 bits per heavy atom. The maximum absolute atomic E-state index is 14.3. The Morgan fingerprint density at radius 2 is 1.77 bits per heavy atom. The number of thioether (sulfide) groups is 1. The van der Waals surface area contributed by atoms with E-state index in [4.69, 9.17) is 16.3 Å². The van der Waals surface area contributed by atoms with Gasteiger partial charge in [0.2, 0.25) is 0 Å². The molecule has 0 unspecified atom stereocenters. The molecule has 2 aromatic rings. The van der Waals surface area contributed by atoms with Crippen LogP contribution in [0.3, 0.4) is 0 Å². The Kier molecular flexibility index (Phi) is 4.59. The monoisotopic (exact) mass is 340 g/mol. The molecule has 0 spiro atoms. The van der Waals surface area contributed by atoms with Gasteiger partial charge in [-0.15, -0.1) is 11.8 Å². The van der Waals surface area contributed by atoms with Crippen LogP contribution in [-0.4, -0.2) is 6.61 Å². The van der Waals surface area contributed by atoms with E-state index in [1.54, 1.807) is 12.1 Å². The van der Waals surface area contributed by atoms with E-state index in [1.165, 1.54) is 17.8 Å². The van der Waals surface area contributed by atoms with Gasteiger partial charge in [-0.2, -0.15) is 0 Å². The maximum Gasteiger partial charge on any atom is 0.165 e. The van der Waals surface area contributed by atoms with Crippen molar-refractivity contribution in [3.63, 3.8) is 0 Å². The van der Waals surface area contributed by atoms with Gasteiger partial charge in [0.25, 0.3) is 0 Å². The molecule has 2 atom stereocenters. The lowest BCUT2D eigenvalue weighted by atomic mass is 9.97. The van der Waals surface area contributed by atoms with Crippen molar-refractivity contribution in [1.29, 1.82) is 0 Å². The summed E-state index contributed by atoms with van der Waals surface area (Å²) in [6.45, 7) is 2.43. The van der Waals surface area contributed by atoms with Crippen LogP contribution in [-0.2, 0) is 0 Å². The second-order valence-corrected chi connectivity index (χ2v) is 7.03. The molecule has 0 radical (unpaired) electrons. The van der Waals surface area contributed by atoms with E-state index in [0.29, 0.717) is 17.2 Å². The van der Waals surface area contributed by atoms with E-state index in [2.05, 4.69) is 0 Å². The van der Waals surface area contributed by atoms with Crippen LogP contribution in [0.5, 0.6) is 5.75 Å². The number of hydrogen-bond acceptors (Lipinski definition) is 2. The second-order valence-electron chi connectivity index (χ2n) is 5.38. The highest BCUT2D eigenvalue weighted by atomic mass is 35.5. The highest BCUT2D eigenvalue weighted by Gasteiger charge is 2.31. The van der Waals surface area contributed by atoms with E-state index in [-0.39, 0.29) is 16.9 Å². The molecule has 22 heavy (non-hydrogen) atoms. The van der Waals surface area contributed by atoms with Crippen molar-refractivity contribution in [3.8, 4) is 5.75 Å². The third-order valence-corrected chi connectivity index (χ3v) is 5.54. The number of fused-ring (bicyclic) bond motifs is 1. The summed E-state index contributed by atoms with van der Waals surface area (Å²) in [5.41, 5.74) is 0.324. The minimum Gasteiger partial charge on any atom is -0.490 e. The summed E-state index contributed by atoms with van der Waals surface area (Å²) >= 11 is 7.41. The van der Waals surface area contributed by atoms with Gasteiger partial charge < -0.3 is 4.74 Å². The van der Waals surface area contributed by atoms with Crippen LogP contribution in [0.1, 0.15) is 24.2 Å². The molecule has 0 saturated carbocycles. The van der Waals surface area contributed by atoms with E-state index < -0.39 is 11.6 Å². The summed E-state index contributed by atoms with van der Waals surface area (Å²) in [7, 11) is 0. The number of halogens is 3. The van der Waals surface area contributed by atoms with Crippen LogP contribution in [0, 0.1) is 17.6 Å². The van der Waals surface area contributed by atoms with E-state index >= 15 is 0 Å².